The number of nitrogens with zero attached hydrogens (tertiary/aromatic N) is 3. The van der Waals surface area contributed by atoms with Crippen LogP contribution in [0.5, 0.6) is 0 Å². The van der Waals surface area contributed by atoms with Crippen LogP contribution in [0.2, 0.25) is 0 Å². The summed E-state index contributed by atoms with van der Waals surface area (Å²) < 4.78 is 38.6. The standard InChI is InChI=1S/C12H11F3N4O/c13-12(14,15)9-3-1-8(2-4-9)11(20)10-7-19(6-5-16)18-17-10/h1-4,7H,5-6,16H2. The van der Waals surface area contributed by atoms with E-state index in [-0.39, 0.29) is 11.3 Å². The van der Waals surface area contributed by atoms with E-state index in [1.807, 2.05) is 0 Å². The number of hydrogen-bond donors (Lipinski definition) is 1. The molecule has 20 heavy (non-hydrogen) atoms. The maximum atomic E-state index is 12.4. The monoisotopic (exact) mass is 284 g/mol. The summed E-state index contributed by atoms with van der Waals surface area (Å²) in [6.45, 7) is 0.755. The molecule has 106 valence electrons. The number of carbonyl (C=O) groups excluding carboxylic acids is 1. The van der Waals surface area contributed by atoms with Gasteiger partial charge in [-0.2, -0.15) is 13.2 Å². The molecule has 0 aliphatic carbocycles. The number of benzene rings is 1. The van der Waals surface area contributed by atoms with Crippen LogP contribution in [0.4, 0.5) is 13.2 Å². The lowest BCUT2D eigenvalue weighted by molar-refractivity contribution is -0.137. The van der Waals surface area contributed by atoms with E-state index >= 15 is 0 Å². The van der Waals surface area contributed by atoms with Crippen LogP contribution in [-0.2, 0) is 12.7 Å². The molecule has 0 saturated heterocycles. The molecule has 0 aliphatic heterocycles. The summed E-state index contributed by atoms with van der Waals surface area (Å²) in [5, 5.41) is 7.36. The van der Waals surface area contributed by atoms with Crippen molar-refractivity contribution in [2.24, 2.45) is 5.73 Å². The van der Waals surface area contributed by atoms with Crippen molar-refractivity contribution in [3.8, 4) is 0 Å². The highest BCUT2D eigenvalue weighted by molar-refractivity contribution is 6.07. The zero-order valence-electron chi connectivity index (χ0n) is 10.3. The maximum Gasteiger partial charge on any atom is 0.416 e. The van der Waals surface area contributed by atoms with Crippen LogP contribution in [0, 0.1) is 0 Å². The molecule has 5 nitrogen and oxygen atoms in total. The van der Waals surface area contributed by atoms with Gasteiger partial charge in [-0.3, -0.25) is 9.48 Å². The molecule has 0 saturated carbocycles. The molecule has 2 aromatic rings. The van der Waals surface area contributed by atoms with Crippen molar-refractivity contribution in [1.82, 2.24) is 15.0 Å². The lowest BCUT2D eigenvalue weighted by atomic mass is 10.1. The lowest BCUT2D eigenvalue weighted by Gasteiger charge is -2.06. The molecule has 2 N–H and O–H groups in total. The predicted molar refractivity (Wildman–Crippen MR) is 64.0 cm³/mol. The van der Waals surface area contributed by atoms with E-state index in [1.165, 1.54) is 10.9 Å². The van der Waals surface area contributed by atoms with Crippen LogP contribution in [0.1, 0.15) is 21.6 Å². The summed E-state index contributed by atoms with van der Waals surface area (Å²) in [6, 6.07) is 3.95. The number of alkyl halides is 3. The first-order valence-electron chi connectivity index (χ1n) is 5.74. The highest BCUT2D eigenvalue weighted by Crippen LogP contribution is 2.29. The second-order valence-electron chi connectivity index (χ2n) is 4.06. The minimum absolute atomic E-state index is 0.0678. The van der Waals surface area contributed by atoms with Gasteiger partial charge in [-0.15, -0.1) is 5.10 Å². The van der Waals surface area contributed by atoms with E-state index in [1.54, 1.807) is 0 Å². The van der Waals surface area contributed by atoms with Crippen molar-refractivity contribution in [1.29, 1.82) is 0 Å². The number of carbonyl (C=O) groups is 1. The van der Waals surface area contributed by atoms with Gasteiger partial charge in [0.15, 0.2) is 5.69 Å². The van der Waals surface area contributed by atoms with Gasteiger partial charge in [0.05, 0.1) is 18.3 Å². The van der Waals surface area contributed by atoms with Crippen molar-refractivity contribution in [3.63, 3.8) is 0 Å². The van der Waals surface area contributed by atoms with Crippen molar-refractivity contribution < 1.29 is 18.0 Å². The summed E-state index contributed by atoms with van der Waals surface area (Å²) in [5.41, 5.74) is 4.72. The molecule has 0 fully saturated rings. The van der Waals surface area contributed by atoms with E-state index in [0.717, 1.165) is 24.3 Å². The predicted octanol–water partition coefficient (Wildman–Crippen LogP) is 1.49. The van der Waals surface area contributed by atoms with Gasteiger partial charge in [0.2, 0.25) is 5.78 Å². The van der Waals surface area contributed by atoms with Crippen molar-refractivity contribution >= 4 is 5.78 Å². The van der Waals surface area contributed by atoms with Gasteiger partial charge in [0.1, 0.15) is 0 Å². The average molecular weight is 284 g/mol. The molecule has 1 aromatic carbocycles. The summed E-state index contributed by atoms with van der Waals surface area (Å²) >= 11 is 0. The normalized spacial score (nSPS) is 11.6. The number of ketones is 1. The lowest BCUT2D eigenvalue weighted by Crippen LogP contribution is -2.10. The molecule has 2 rings (SSSR count). The summed E-state index contributed by atoms with van der Waals surface area (Å²) in [4.78, 5) is 12.0. The van der Waals surface area contributed by atoms with Crippen LogP contribution in [-0.4, -0.2) is 27.3 Å². The Kier molecular flexibility index (Phi) is 3.84. The zero-order valence-corrected chi connectivity index (χ0v) is 10.3. The highest BCUT2D eigenvalue weighted by atomic mass is 19.4. The molecule has 0 amide bonds. The minimum Gasteiger partial charge on any atom is -0.329 e. The van der Waals surface area contributed by atoms with Gasteiger partial charge in [-0.1, -0.05) is 17.3 Å². The summed E-state index contributed by atoms with van der Waals surface area (Å²) in [6.07, 6.45) is -3.02. The number of hydrogen-bond acceptors (Lipinski definition) is 4. The largest absolute Gasteiger partial charge is 0.416 e. The molecular formula is C12H11F3N4O. The van der Waals surface area contributed by atoms with Gasteiger partial charge in [0, 0.05) is 12.1 Å². The summed E-state index contributed by atoms with van der Waals surface area (Å²) in [5.74, 6) is -0.484. The number of nitrogens with two attached hydrogens (primary N) is 1. The Morgan fingerprint density at radius 1 is 1.25 bits per heavy atom. The van der Waals surface area contributed by atoms with E-state index in [4.69, 9.17) is 5.73 Å². The van der Waals surface area contributed by atoms with Crippen LogP contribution in [0.3, 0.4) is 0 Å². The Morgan fingerprint density at radius 3 is 2.45 bits per heavy atom. The first kappa shape index (κ1) is 14.2. The minimum atomic E-state index is -4.42. The quantitative estimate of drug-likeness (QED) is 0.863. The molecule has 0 atom stereocenters. The van der Waals surface area contributed by atoms with Crippen LogP contribution in [0.15, 0.2) is 30.5 Å². The van der Waals surface area contributed by atoms with Gasteiger partial charge in [0.25, 0.3) is 0 Å². The van der Waals surface area contributed by atoms with Crippen LogP contribution < -0.4 is 5.73 Å². The first-order valence-corrected chi connectivity index (χ1v) is 5.74. The molecule has 0 radical (unpaired) electrons. The van der Waals surface area contributed by atoms with Crippen LogP contribution >= 0.6 is 0 Å². The summed E-state index contributed by atoms with van der Waals surface area (Å²) in [7, 11) is 0. The Labute approximate surface area is 112 Å². The molecule has 0 unspecified atom stereocenters. The smallest absolute Gasteiger partial charge is 0.329 e. The highest BCUT2D eigenvalue weighted by Gasteiger charge is 2.30. The van der Waals surface area contributed by atoms with E-state index in [2.05, 4.69) is 10.3 Å². The molecule has 8 heteroatoms. The third-order valence-electron chi connectivity index (χ3n) is 2.60. The Morgan fingerprint density at radius 2 is 1.90 bits per heavy atom. The van der Waals surface area contributed by atoms with Gasteiger partial charge in [-0.25, -0.2) is 0 Å². The van der Waals surface area contributed by atoms with E-state index in [9.17, 15) is 18.0 Å². The number of aromatic nitrogens is 3. The third kappa shape index (κ3) is 3.02. The topological polar surface area (TPSA) is 73.8 Å². The molecule has 0 aliphatic rings. The Bertz CT molecular complexity index is 604. The number of halogens is 3. The first-order chi connectivity index (χ1) is 9.41. The fourth-order valence-corrected chi connectivity index (χ4v) is 1.60. The second-order valence-corrected chi connectivity index (χ2v) is 4.06. The van der Waals surface area contributed by atoms with E-state index in [0.29, 0.717) is 13.1 Å². The average Bonchev–Trinajstić information content (AvgIpc) is 2.86. The van der Waals surface area contributed by atoms with E-state index < -0.39 is 17.5 Å². The van der Waals surface area contributed by atoms with Gasteiger partial charge < -0.3 is 5.73 Å². The van der Waals surface area contributed by atoms with Gasteiger partial charge in [-0.05, 0) is 12.1 Å². The number of rotatable bonds is 4. The third-order valence-corrected chi connectivity index (χ3v) is 2.60. The van der Waals surface area contributed by atoms with Crippen molar-refractivity contribution in [3.05, 3.63) is 47.3 Å². The Hall–Kier alpha value is -2.22. The maximum absolute atomic E-state index is 12.4. The Balaban J connectivity index is 2.20. The molecule has 0 bridgehead atoms. The van der Waals surface area contributed by atoms with Crippen molar-refractivity contribution in [2.75, 3.05) is 6.54 Å². The fourth-order valence-electron chi connectivity index (χ4n) is 1.60. The molecular weight excluding hydrogens is 273 g/mol. The molecule has 1 heterocycles. The second kappa shape index (κ2) is 5.41. The fraction of sp³-hybridized carbons (Fsp3) is 0.250. The van der Waals surface area contributed by atoms with Gasteiger partial charge >= 0.3 is 6.18 Å². The zero-order chi connectivity index (χ0) is 14.8. The van der Waals surface area contributed by atoms with Crippen LogP contribution in [0.25, 0.3) is 0 Å². The molecule has 1 aromatic heterocycles. The SMILES string of the molecule is NCCn1cc(C(=O)c2ccc(C(F)(F)F)cc2)nn1. The molecule has 0 spiro atoms. The van der Waals surface area contributed by atoms with Crippen molar-refractivity contribution in [2.45, 2.75) is 12.7 Å².